The SMILES string of the molecule is Cc1ccc(S(=O)(=O)N2C[C@@H](C[Si](c3ccccc3)(c3ccccc3)C(C)(C)C)[C@]34CC[C@H](C[C@@H]23)C4)cc1. The zero-order valence-corrected chi connectivity index (χ0v) is 25.0. The van der Waals surface area contributed by atoms with Gasteiger partial charge in [-0.3, -0.25) is 0 Å². The van der Waals surface area contributed by atoms with E-state index in [0.29, 0.717) is 23.3 Å². The molecule has 38 heavy (non-hydrogen) atoms. The highest BCUT2D eigenvalue weighted by molar-refractivity contribution is 7.89. The molecule has 0 radical (unpaired) electrons. The monoisotopic (exact) mass is 543 g/mol. The number of hydrogen-bond donors (Lipinski definition) is 0. The van der Waals surface area contributed by atoms with Gasteiger partial charge < -0.3 is 0 Å². The minimum atomic E-state index is -3.54. The van der Waals surface area contributed by atoms with Gasteiger partial charge in [0.1, 0.15) is 8.07 Å². The molecule has 1 saturated heterocycles. The van der Waals surface area contributed by atoms with Gasteiger partial charge in [0.25, 0.3) is 0 Å². The first-order valence-electron chi connectivity index (χ1n) is 14.3. The molecule has 0 N–H and O–H groups in total. The molecule has 0 aromatic heterocycles. The summed E-state index contributed by atoms with van der Waals surface area (Å²) in [6.07, 6.45) is 4.65. The first kappa shape index (κ1) is 26.0. The molecule has 3 aliphatic rings. The minimum Gasteiger partial charge on any atom is -0.207 e. The Bertz CT molecular complexity index is 1360. The lowest BCUT2D eigenvalue weighted by molar-refractivity contribution is 0.192. The molecule has 4 atom stereocenters. The van der Waals surface area contributed by atoms with E-state index >= 15 is 0 Å². The fourth-order valence-corrected chi connectivity index (χ4v) is 16.3. The van der Waals surface area contributed by atoms with Crippen molar-refractivity contribution in [3.05, 3.63) is 90.5 Å². The maximum absolute atomic E-state index is 14.1. The first-order valence-corrected chi connectivity index (χ1v) is 17.9. The quantitative estimate of drug-likeness (QED) is 0.345. The molecule has 1 heterocycles. The molecule has 3 fully saturated rings. The minimum absolute atomic E-state index is 0.0711. The number of aryl methyl sites for hydroxylation is 1. The summed E-state index contributed by atoms with van der Waals surface area (Å²) in [4.78, 5) is 0.451. The molecule has 200 valence electrons. The van der Waals surface area contributed by atoms with E-state index < -0.39 is 18.1 Å². The zero-order chi connectivity index (χ0) is 26.8. The summed E-state index contributed by atoms with van der Waals surface area (Å²) in [5.41, 5.74) is 1.20. The fourth-order valence-electron chi connectivity index (χ4n) is 8.61. The van der Waals surface area contributed by atoms with Crippen molar-refractivity contribution >= 4 is 28.5 Å². The van der Waals surface area contributed by atoms with Crippen molar-refractivity contribution in [2.75, 3.05) is 6.54 Å². The van der Waals surface area contributed by atoms with Crippen molar-refractivity contribution in [3.8, 4) is 0 Å². The largest absolute Gasteiger partial charge is 0.243 e. The average Bonchev–Trinajstić information content (AvgIpc) is 3.58. The van der Waals surface area contributed by atoms with Gasteiger partial charge in [0.2, 0.25) is 10.0 Å². The van der Waals surface area contributed by atoms with Crippen molar-refractivity contribution in [3.63, 3.8) is 0 Å². The van der Waals surface area contributed by atoms with Crippen molar-refractivity contribution < 1.29 is 8.42 Å². The van der Waals surface area contributed by atoms with Crippen LogP contribution in [-0.2, 0) is 10.0 Å². The number of sulfonamides is 1. The number of rotatable bonds is 6. The summed E-state index contributed by atoms with van der Waals surface area (Å²) in [6, 6.07) is 31.1. The Morgan fingerprint density at radius 3 is 2.00 bits per heavy atom. The normalized spacial score (nSPS) is 27.5. The van der Waals surface area contributed by atoms with Crippen LogP contribution in [-0.4, -0.2) is 33.4 Å². The van der Waals surface area contributed by atoms with Crippen LogP contribution in [0.4, 0.5) is 0 Å². The molecule has 3 aromatic rings. The van der Waals surface area contributed by atoms with Gasteiger partial charge in [-0.15, -0.1) is 0 Å². The van der Waals surface area contributed by atoms with Gasteiger partial charge in [0.15, 0.2) is 0 Å². The standard InChI is InChI=1S/C33H41NO2SSi/c1-25-15-17-28(18-16-25)37(35,36)34-23-27(33-20-19-26(22-33)21-31(33)34)24-38(32(2,3)4,29-11-7-5-8-12-29)30-13-9-6-10-14-30/h5-18,26-27,31H,19-24H2,1-4H3/t26-,27+,31-,33-/m1/s1. The molecule has 1 spiro atoms. The molecule has 5 heteroatoms. The highest BCUT2D eigenvalue weighted by atomic mass is 32.2. The second-order valence-electron chi connectivity index (χ2n) is 13.3. The van der Waals surface area contributed by atoms with Gasteiger partial charge in [-0.1, -0.05) is 110 Å². The van der Waals surface area contributed by atoms with Crippen LogP contribution in [0.25, 0.3) is 0 Å². The Labute approximate surface area is 230 Å². The Balaban J connectivity index is 1.48. The Morgan fingerprint density at radius 1 is 0.895 bits per heavy atom. The van der Waals surface area contributed by atoms with Crippen LogP contribution >= 0.6 is 0 Å². The Hall–Kier alpha value is -2.21. The zero-order valence-electron chi connectivity index (χ0n) is 23.2. The average molecular weight is 544 g/mol. The van der Waals surface area contributed by atoms with Crippen LogP contribution in [0, 0.1) is 24.2 Å². The highest BCUT2D eigenvalue weighted by Crippen LogP contribution is 2.65. The summed E-state index contributed by atoms with van der Waals surface area (Å²) in [5, 5.41) is 3.01. The Morgan fingerprint density at radius 2 is 1.47 bits per heavy atom. The summed E-state index contributed by atoms with van der Waals surface area (Å²) >= 11 is 0. The fraction of sp³-hybridized carbons (Fsp3) is 0.455. The third-order valence-electron chi connectivity index (χ3n) is 10.5. The predicted molar refractivity (Wildman–Crippen MR) is 159 cm³/mol. The van der Waals surface area contributed by atoms with Gasteiger partial charge in [-0.25, -0.2) is 8.42 Å². The Kier molecular flexibility index (Phi) is 6.29. The third kappa shape index (κ3) is 3.88. The number of hydrogen-bond acceptors (Lipinski definition) is 2. The molecule has 3 nitrogen and oxygen atoms in total. The molecular weight excluding hydrogens is 503 g/mol. The number of benzene rings is 3. The van der Waals surface area contributed by atoms with E-state index in [-0.39, 0.29) is 16.5 Å². The van der Waals surface area contributed by atoms with Crippen molar-refractivity contribution in [2.24, 2.45) is 17.3 Å². The van der Waals surface area contributed by atoms with E-state index in [1.807, 2.05) is 23.4 Å². The third-order valence-corrected chi connectivity index (χ3v) is 18.7. The predicted octanol–water partition coefficient (Wildman–Crippen LogP) is 6.24. The molecular formula is C33H41NO2SSi. The van der Waals surface area contributed by atoms with Crippen LogP contribution in [0.15, 0.2) is 89.8 Å². The van der Waals surface area contributed by atoms with Crippen molar-refractivity contribution in [2.45, 2.75) is 75.4 Å². The first-order chi connectivity index (χ1) is 18.1. The summed E-state index contributed by atoms with van der Waals surface area (Å²) in [7, 11) is -5.86. The van der Waals surface area contributed by atoms with E-state index in [9.17, 15) is 8.42 Å². The molecule has 3 aromatic carbocycles. The lowest BCUT2D eigenvalue weighted by atomic mass is 9.74. The number of fused-ring (bicyclic) bond motifs is 1. The number of nitrogens with zero attached hydrogens (tertiary/aromatic N) is 1. The van der Waals surface area contributed by atoms with Gasteiger partial charge >= 0.3 is 0 Å². The maximum atomic E-state index is 14.1. The molecule has 0 unspecified atom stereocenters. The summed E-state index contributed by atoms with van der Waals surface area (Å²) < 4.78 is 30.3. The maximum Gasteiger partial charge on any atom is 0.243 e. The van der Waals surface area contributed by atoms with Gasteiger partial charge in [-0.2, -0.15) is 4.31 Å². The smallest absolute Gasteiger partial charge is 0.207 e. The van der Waals surface area contributed by atoms with E-state index in [4.69, 9.17) is 0 Å². The van der Waals surface area contributed by atoms with Crippen LogP contribution in [0.5, 0.6) is 0 Å². The lowest BCUT2D eigenvalue weighted by Gasteiger charge is -2.48. The van der Waals surface area contributed by atoms with E-state index in [2.05, 4.69) is 81.4 Å². The van der Waals surface area contributed by atoms with Crippen molar-refractivity contribution in [1.82, 2.24) is 4.31 Å². The second-order valence-corrected chi connectivity index (χ2v) is 20.0. The summed E-state index contributed by atoms with van der Waals surface area (Å²) in [5.74, 6) is 1.03. The van der Waals surface area contributed by atoms with E-state index in [0.717, 1.165) is 18.0 Å². The van der Waals surface area contributed by atoms with Crippen LogP contribution < -0.4 is 10.4 Å². The molecule has 0 amide bonds. The van der Waals surface area contributed by atoms with Crippen LogP contribution in [0.2, 0.25) is 11.1 Å². The molecule has 6 rings (SSSR count). The lowest BCUT2D eigenvalue weighted by Crippen LogP contribution is -2.65. The summed E-state index contributed by atoms with van der Waals surface area (Å²) in [6.45, 7) is 9.94. The second kappa shape index (κ2) is 9.18. The topological polar surface area (TPSA) is 37.4 Å². The van der Waals surface area contributed by atoms with Gasteiger partial charge in [0.05, 0.1) is 4.90 Å². The highest BCUT2D eigenvalue weighted by Gasteiger charge is 2.66. The van der Waals surface area contributed by atoms with Gasteiger partial charge in [-0.05, 0) is 73.1 Å². The van der Waals surface area contributed by atoms with Crippen LogP contribution in [0.1, 0.15) is 52.0 Å². The van der Waals surface area contributed by atoms with Crippen LogP contribution in [0.3, 0.4) is 0 Å². The van der Waals surface area contributed by atoms with E-state index in [1.54, 1.807) is 12.1 Å². The molecule has 2 aliphatic carbocycles. The van der Waals surface area contributed by atoms with Crippen molar-refractivity contribution in [1.29, 1.82) is 0 Å². The van der Waals surface area contributed by atoms with Gasteiger partial charge in [0, 0.05) is 12.6 Å². The molecule has 2 saturated carbocycles. The molecule has 2 bridgehead atoms. The molecule has 1 aliphatic heterocycles. The van der Waals surface area contributed by atoms with E-state index in [1.165, 1.54) is 29.6 Å².